The smallest absolute Gasteiger partial charge is 0.304 e. The van der Waals surface area contributed by atoms with Gasteiger partial charge in [-0.25, -0.2) is 0 Å². The number of thioether (sulfide) groups is 1. The van der Waals surface area contributed by atoms with E-state index < -0.39 is 5.97 Å². The van der Waals surface area contributed by atoms with Crippen LogP contribution in [-0.2, 0) is 14.4 Å². The number of allylic oxidation sites excluding steroid dienone is 2. The number of rotatable bonds is 5. The molecule has 102 valence electrons. The number of carboxylic acid groups (broad SMARTS) is 1. The van der Waals surface area contributed by atoms with Gasteiger partial charge in [0.2, 0.25) is 11.8 Å². The third kappa shape index (κ3) is 3.17. The van der Waals surface area contributed by atoms with Crippen LogP contribution in [0.2, 0.25) is 0 Å². The molecule has 1 saturated heterocycles. The first-order valence-electron chi connectivity index (χ1n) is 5.92. The Labute approximate surface area is 114 Å². The summed E-state index contributed by atoms with van der Waals surface area (Å²) in [6.07, 6.45) is 7.59. The topological polar surface area (TPSA) is 77.9 Å². The number of hydrogen-bond acceptors (Lipinski definition) is 5. The number of aliphatic carboxylic acids is 1. The van der Waals surface area contributed by atoms with Crippen LogP contribution in [0.3, 0.4) is 0 Å². The van der Waals surface area contributed by atoms with Crippen molar-refractivity contribution in [2.75, 3.05) is 5.75 Å². The highest BCUT2D eigenvalue weighted by molar-refractivity contribution is 8.00. The van der Waals surface area contributed by atoms with Gasteiger partial charge in [-0.2, -0.15) is 5.01 Å². The second-order valence-corrected chi connectivity index (χ2v) is 5.34. The van der Waals surface area contributed by atoms with E-state index in [0.717, 1.165) is 5.01 Å². The lowest BCUT2D eigenvalue weighted by molar-refractivity contribution is -0.153. The maximum Gasteiger partial charge on any atom is 0.304 e. The average molecular weight is 282 g/mol. The molecule has 6 nitrogen and oxygen atoms in total. The molecule has 0 aliphatic carbocycles. The third-order valence-corrected chi connectivity index (χ3v) is 3.90. The molecule has 19 heavy (non-hydrogen) atoms. The Bertz CT molecular complexity index is 445. The molecule has 0 bridgehead atoms. The van der Waals surface area contributed by atoms with Crippen molar-refractivity contribution in [3.8, 4) is 0 Å². The predicted molar refractivity (Wildman–Crippen MR) is 69.7 cm³/mol. The summed E-state index contributed by atoms with van der Waals surface area (Å²) in [4.78, 5) is 33.9. The average Bonchev–Trinajstić information content (AvgIpc) is 2.69. The number of imide groups is 1. The van der Waals surface area contributed by atoms with E-state index in [-0.39, 0.29) is 36.5 Å². The molecule has 1 fully saturated rings. The lowest BCUT2D eigenvalue weighted by atomic mass is 10.4. The van der Waals surface area contributed by atoms with E-state index in [9.17, 15) is 14.4 Å². The molecule has 0 aromatic carbocycles. The van der Waals surface area contributed by atoms with Gasteiger partial charge in [0, 0.05) is 24.8 Å². The fourth-order valence-corrected chi connectivity index (χ4v) is 2.92. The van der Waals surface area contributed by atoms with Crippen molar-refractivity contribution in [1.29, 1.82) is 0 Å². The minimum absolute atomic E-state index is 0.0501. The van der Waals surface area contributed by atoms with E-state index in [4.69, 9.17) is 5.11 Å². The maximum absolute atomic E-state index is 11.7. The predicted octanol–water partition coefficient (Wildman–Crippen LogP) is 0.970. The van der Waals surface area contributed by atoms with Crippen molar-refractivity contribution in [2.45, 2.75) is 24.6 Å². The standard InChI is InChI=1S/C12H14N2O4S/c15-9-4-5-10(16)14(9)13-7-2-1-3-11(13)19-8-6-12(17)18/h1-3,7,11H,4-6,8H2,(H,17,18). The number of nitrogens with zero attached hydrogens (tertiary/aromatic N) is 2. The van der Waals surface area contributed by atoms with E-state index in [0.29, 0.717) is 5.75 Å². The maximum atomic E-state index is 11.7. The van der Waals surface area contributed by atoms with Crippen LogP contribution in [0.15, 0.2) is 24.4 Å². The van der Waals surface area contributed by atoms with Crippen molar-refractivity contribution in [3.05, 3.63) is 24.4 Å². The first-order chi connectivity index (χ1) is 9.09. The summed E-state index contributed by atoms with van der Waals surface area (Å²) < 4.78 is 0. The Morgan fingerprint density at radius 1 is 1.32 bits per heavy atom. The SMILES string of the molecule is O=C(O)CCSC1C=CC=CN1N1C(=O)CCC1=O. The molecule has 7 heteroatoms. The number of hydrogen-bond donors (Lipinski definition) is 1. The molecule has 0 radical (unpaired) electrons. The van der Waals surface area contributed by atoms with Gasteiger partial charge < -0.3 is 5.11 Å². The van der Waals surface area contributed by atoms with Crippen molar-refractivity contribution < 1.29 is 19.5 Å². The van der Waals surface area contributed by atoms with Crippen molar-refractivity contribution in [3.63, 3.8) is 0 Å². The van der Waals surface area contributed by atoms with Gasteiger partial charge in [-0.15, -0.1) is 11.8 Å². The Morgan fingerprint density at radius 2 is 2.00 bits per heavy atom. The highest BCUT2D eigenvalue weighted by atomic mass is 32.2. The largest absolute Gasteiger partial charge is 0.481 e. The lowest BCUT2D eigenvalue weighted by Crippen LogP contribution is -2.47. The number of amides is 2. The van der Waals surface area contributed by atoms with Crippen LogP contribution >= 0.6 is 11.8 Å². The van der Waals surface area contributed by atoms with Crippen molar-refractivity contribution in [2.24, 2.45) is 0 Å². The van der Waals surface area contributed by atoms with E-state index in [1.54, 1.807) is 17.3 Å². The molecule has 0 saturated carbocycles. The van der Waals surface area contributed by atoms with Gasteiger partial charge in [0.25, 0.3) is 0 Å². The number of carbonyl (C=O) groups is 3. The molecule has 1 atom stereocenters. The monoisotopic (exact) mass is 282 g/mol. The second kappa shape index (κ2) is 5.92. The Balaban J connectivity index is 2.02. The zero-order chi connectivity index (χ0) is 13.8. The van der Waals surface area contributed by atoms with Crippen LogP contribution < -0.4 is 0 Å². The second-order valence-electron chi connectivity index (χ2n) is 4.11. The zero-order valence-electron chi connectivity index (χ0n) is 10.2. The van der Waals surface area contributed by atoms with Crippen molar-refractivity contribution >= 4 is 29.5 Å². The Kier molecular flexibility index (Phi) is 4.26. The summed E-state index contributed by atoms with van der Waals surface area (Å²) in [6, 6.07) is 0. The van der Waals surface area contributed by atoms with Crippen LogP contribution in [0.4, 0.5) is 0 Å². The molecule has 0 aromatic rings. The minimum Gasteiger partial charge on any atom is -0.481 e. The molecule has 2 aliphatic heterocycles. The van der Waals surface area contributed by atoms with E-state index in [1.165, 1.54) is 11.8 Å². The van der Waals surface area contributed by atoms with E-state index in [2.05, 4.69) is 0 Å². The van der Waals surface area contributed by atoms with E-state index >= 15 is 0 Å². The molecular weight excluding hydrogens is 268 g/mol. The lowest BCUT2D eigenvalue weighted by Gasteiger charge is -2.35. The third-order valence-electron chi connectivity index (χ3n) is 2.75. The van der Waals surface area contributed by atoms with Gasteiger partial charge in [0.05, 0.1) is 6.42 Å². The van der Waals surface area contributed by atoms with E-state index in [1.807, 2.05) is 12.2 Å². The summed E-state index contributed by atoms with van der Waals surface area (Å²) >= 11 is 1.39. The van der Waals surface area contributed by atoms with Gasteiger partial charge >= 0.3 is 5.97 Å². The summed E-state index contributed by atoms with van der Waals surface area (Å²) in [7, 11) is 0. The highest BCUT2D eigenvalue weighted by Crippen LogP contribution is 2.26. The Hall–Kier alpha value is -1.76. The molecule has 0 aromatic heterocycles. The summed E-state index contributed by atoms with van der Waals surface area (Å²) in [5.41, 5.74) is 0. The Morgan fingerprint density at radius 3 is 2.63 bits per heavy atom. The molecule has 1 unspecified atom stereocenters. The molecule has 0 spiro atoms. The molecule has 2 rings (SSSR count). The number of hydrazine groups is 1. The number of carbonyl (C=O) groups excluding carboxylic acids is 2. The first kappa shape index (κ1) is 13.7. The van der Waals surface area contributed by atoms with Gasteiger partial charge in [0.15, 0.2) is 0 Å². The molecule has 2 heterocycles. The van der Waals surface area contributed by atoms with Crippen LogP contribution in [0, 0.1) is 0 Å². The molecule has 1 N–H and O–H groups in total. The summed E-state index contributed by atoms with van der Waals surface area (Å²) in [6.45, 7) is 0. The van der Waals surface area contributed by atoms with Crippen LogP contribution in [-0.4, -0.2) is 44.0 Å². The fourth-order valence-electron chi connectivity index (χ4n) is 1.87. The summed E-state index contributed by atoms with van der Waals surface area (Å²) in [5, 5.41) is 11.1. The van der Waals surface area contributed by atoms with Crippen LogP contribution in [0.25, 0.3) is 0 Å². The van der Waals surface area contributed by atoms with Crippen LogP contribution in [0.1, 0.15) is 19.3 Å². The summed E-state index contributed by atoms with van der Waals surface area (Å²) in [5.74, 6) is -0.865. The number of carboxylic acids is 1. The molecule has 2 aliphatic rings. The quantitative estimate of drug-likeness (QED) is 0.757. The van der Waals surface area contributed by atoms with Crippen LogP contribution in [0.5, 0.6) is 0 Å². The first-order valence-corrected chi connectivity index (χ1v) is 6.97. The van der Waals surface area contributed by atoms with Gasteiger partial charge in [-0.05, 0) is 6.08 Å². The van der Waals surface area contributed by atoms with Crippen molar-refractivity contribution in [1.82, 2.24) is 10.0 Å². The van der Waals surface area contributed by atoms with Gasteiger partial charge in [-0.3, -0.25) is 19.4 Å². The molecule has 2 amide bonds. The van der Waals surface area contributed by atoms with Gasteiger partial charge in [-0.1, -0.05) is 12.2 Å². The van der Waals surface area contributed by atoms with Gasteiger partial charge in [0.1, 0.15) is 5.37 Å². The highest BCUT2D eigenvalue weighted by Gasteiger charge is 2.35. The zero-order valence-corrected chi connectivity index (χ0v) is 11.0. The fraction of sp³-hybridized carbons (Fsp3) is 0.417. The minimum atomic E-state index is -0.859. The normalized spacial score (nSPS) is 22.4. The molecular formula is C12H14N2O4S.